The maximum Gasteiger partial charge on any atom is 0.130 e. The van der Waals surface area contributed by atoms with Crippen LogP contribution in [0.3, 0.4) is 0 Å². The first kappa shape index (κ1) is 12.5. The number of nitrogens with two attached hydrogens (primary N) is 1. The molecule has 0 amide bonds. The van der Waals surface area contributed by atoms with Crippen molar-refractivity contribution in [2.75, 3.05) is 6.54 Å². The Morgan fingerprint density at radius 1 is 1.12 bits per heavy atom. The van der Waals surface area contributed by atoms with Gasteiger partial charge in [0.05, 0.1) is 0 Å². The Morgan fingerprint density at radius 2 is 1.65 bits per heavy atom. The average molecular weight is 239 g/mol. The van der Waals surface area contributed by atoms with Crippen molar-refractivity contribution in [1.82, 2.24) is 0 Å². The highest BCUT2D eigenvalue weighted by atomic mass is 19.1. The lowest BCUT2D eigenvalue weighted by Gasteiger charge is -2.37. The molecule has 3 heteroatoms. The van der Waals surface area contributed by atoms with Gasteiger partial charge >= 0.3 is 0 Å². The number of hydrogen-bond donors (Lipinski definition) is 1. The molecular weight excluding hydrogens is 220 g/mol. The minimum absolute atomic E-state index is 0.213. The number of benzene rings is 1. The second kappa shape index (κ2) is 4.73. The Bertz CT molecular complexity index is 386. The largest absolute Gasteiger partial charge is 0.330 e. The second-order valence-corrected chi connectivity index (χ2v) is 5.15. The highest BCUT2D eigenvalue weighted by Crippen LogP contribution is 2.41. The first-order chi connectivity index (χ1) is 8.09. The number of halogens is 2. The van der Waals surface area contributed by atoms with Gasteiger partial charge in [0.1, 0.15) is 11.6 Å². The van der Waals surface area contributed by atoms with Gasteiger partial charge in [-0.2, -0.15) is 0 Å². The Hall–Kier alpha value is -0.960. The van der Waals surface area contributed by atoms with E-state index in [1.807, 2.05) is 0 Å². The summed E-state index contributed by atoms with van der Waals surface area (Å²) in [7, 11) is 0. The molecule has 0 saturated heterocycles. The average Bonchev–Trinajstić information content (AvgIpc) is 2.28. The van der Waals surface area contributed by atoms with E-state index >= 15 is 0 Å². The van der Waals surface area contributed by atoms with Crippen molar-refractivity contribution < 1.29 is 8.78 Å². The van der Waals surface area contributed by atoms with Crippen LogP contribution in [0.2, 0.25) is 0 Å². The van der Waals surface area contributed by atoms with Crippen molar-refractivity contribution in [3.05, 3.63) is 34.9 Å². The predicted octanol–water partition coefficient (Wildman–Crippen LogP) is 3.43. The molecule has 1 aliphatic rings. The number of aryl methyl sites for hydroxylation is 1. The second-order valence-electron chi connectivity index (χ2n) is 5.15. The Labute approximate surface area is 101 Å². The lowest BCUT2D eigenvalue weighted by atomic mass is 9.69. The van der Waals surface area contributed by atoms with Crippen LogP contribution in [0.5, 0.6) is 0 Å². The summed E-state index contributed by atoms with van der Waals surface area (Å²) >= 11 is 0. The van der Waals surface area contributed by atoms with Crippen LogP contribution in [0.1, 0.15) is 43.2 Å². The third-order valence-electron chi connectivity index (χ3n) is 3.92. The van der Waals surface area contributed by atoms with Crippen LogP contribution in [-0.2, 0) is 5.41 Å². The van der Waals surface area contributed by atoms with Crippen LogP contribution in [-0.4, -0.2) is 6.54 Å². The van der Waals surface area contributed by atoms with Gasteiger partial charge in [-0.05, 0) is 37.5 Å². The van der Waals surface area contributed by atoms with Gasteiger partial charge < -0.3 is 5.73 Å². The Kier molecular flexibility index (Phi) is 3.48. The van der Waals surface area contributed by atoms with E-state index in [1.165, 1.54) is 12.1 Å². The van der Waals surface area contributed by atoms with E-state index in [1.54, 1.807) is 6.92 Å². The van der Waals surface area contributed by atoms with Crippen LogP contribution >= 0.6 is 0 Å². The van der Waals surface area contributed by atoms with Gasteiger partial charge in [-0.1, -0.05) is 19.3 Å². The van der Waals surface area contributed by atoms with Gasteiger partial charge in [0.2, 0.25) is 0 Å². The molecule has 0 bridgehead atoms. The molecule has 94 valence electrons. The SMILES string of the molecule is Cc1cc(F)c(C2(CN)CCCCC2)c(F)c1. The molecule has 2 N–H and O–H groups in total. The van der Waals surface area contributed by atoms with Crippen LogP contribution < -0.4 is 5.73 Å². The normalized spacial score (nSPS) is 19.3. The first-order valence-electron chi connectivity index (χ1n) is 6.25. The standard InChI is InChI=1S/C14H19F2N/c1-10-7-11(15)13(12(16)8-10)14(9-17)5-3-2-4-6-14/h7-8H,2-6,9,17H2,1H3. The monoisotopic (exact) mass is 239 g/mol. The highest BCUT2D eigenvalue weighted by molar-refractivity contribution is 5.33. The van der Waals surface area contributed by atoms with Crippen LogP contribution in [0.15, 0.2) is 12.1 Å². The Balaban J connectivity index is 2.50. The molecule has 1 aromatic carbocycles. The van der Waals surface area contributed by atoms with Crippen molar-refractivity contribution in [1.29, 1.82) is 0 Å². The summed E-state index contributed by atoms with van der Waals surface area (Å²) in [6, 6.07) is 2.81. The molecule has 1 fully saturated rings. The molecule has 0 aliphatic heterocycles. The van der Waals surface area contributed by atoms with Crippen molar-refractivity contribution in [2.24, 2.45) is 5.73 Å². The summed E-state index contributed by atoms with van der Waals surface area (Å²) in [4.78, 5) is 0. The minimum atomic E-state index is -0.486. The zero-order valence-corrected chi connectivity index (χ0v) is 10.2. The molecule has 0 unspecified atom stereocenters. The number of hydrogen-bond acceptors (Lipinski definition) is 1. The van der Waals surface area contributed by atoms with Crippen molar-refractivity contribution in [2.45, 2.75) is 44.4 Å². The van der Waals surface area contributed by atoms with Gasteiger partial charge in [0, 0.05) is 17.5 Å². The summed E-state index contributed by atoms with van der Waals surface area (Å²) in [5, 5.41) is 0. The van der Waals surface area contributed by atoms with E-state index in [2.05, 4.69) is 0 Å². The lowest BCUT2D eigenvalue weighted by molar-refractivity contribution is 0.281. The summed E-state index contributed by atoms with van der Waals surface area (Å²) in [6.07, 6.45) is 4.73. The molecular formula is C14H19F2N. The maximum atomic E-state index is 14.0. The fourth-order valence-electron chi connectivity index (χ4n) is 2.99. The van der Waals surface area contributed by atoms with Crippen LogP contribution in [0, 0.1) is 18.6 Å². The Morgan fingerprint density at radius 3 is 2.12 bits per heavy atom. The van der Waals surface area contributed by atoms with Gasteiger partial charge in [0.25, 0.3) is 0 Å². The quantitative estimate of drug-likeness (QED) is 0.840. The van der Waals surface area contributed by atoms with Gasteiger partial charge in [-0.3, -0.25) is 0 Å². The van der Waals surface area contributed by atoms with E-state index in [-0.39, 0.29) is 5.56 Å². The van der Waals surface area contributed by atoms with Gasteiger partial charge in [-0.25, -0.2) is 8.78 Å². The molecule has 1 saturated carbocycles. The molecule has 2 rings (SSSR count). The van der Waals surface area contributed by atoms with Crippen LogP contribution in [0.4, 0.5) is 8.78 Å². The zero-order valence-electron chi connectivity index (χ0n) is 10.2. The molecule has 0 heterocycles. The van der Waals surface area contributed by atoms with Gasteiger partial charge in [-0.15, -0.1) is 0 Å². The predicted molar refractivity (Wildman–Crippen MR) is 64.9 cm³/mol. The van der Waals surface area contributed by atoms with E-state index in [4.69, 9.17) is 5.73 Å². The smallest absolute Gasteiger partial charge is 0.130 e. The fraction of sp³-hybridized carbons (Fsp3) is 0.571. The summed E-state index contributed by atoms with van der Waals surface area (Å²) < 4.78 is 28.1. The van der Waals surface area contributed by atoms with Crippen molar-refractivity contribution in [3.8, 4) is 0 Å². The van der Waals surface area contributed by atoms with Crippen LogP contribution in [0.25, 0.3) is 0 Å². The molecule has 0 atom stereocenters. The first-order valence-corrected chi connectivity index (χ1v) is 6.25. The summed E-state index contributed by atoms with van der Waals surface area (Å²) in [6.45, 7) is 2.02. The highest BCUT2D eigenvalue weighted by Gasteiger charge is 2.37. The molecule has 17 heavy (non-hydrogen) atoms. The summed E-state index contributed by atoms with van der Waals surface area (Å²) in [5.41, 5.74) is 6.16. The zero-order chi connectivity index (χ0) is 12.5. The van der Waals surface area contributed by atoms with E-state index < -0.39 is 17.0 Å². The van der Waals surface area contributed by atoms with Gasteiger partial charge in [0.15, 0.2) is 0 Å². The van der Waals surface area contributed by atoms with E-state index in [0.717, 1.165) is 32.1 Å². The maximum absolute atomic E-state index is 14.0. The third kappa shape index (κ3) is 2.21. The fourth-order valence-corrected chi connectivity index (χ4v) is 2.99. The molecule has 1 aromatic rings. The lowest BCUT2D eigenvalue weighted by Crippen LogP contribution is -2.39. The molecule has 0 aromatic heterocycles. The molecule has 0 radical (unpaired) electrons. The number of rotatable bonds is 2. The van der Waals surface area contributed by atoms with Crippen molar-refractivity contribution in [3.63, 3.8) is 0 Å². The van der Waals surface area contributed by atoms with E-state index in [9.17, 15) is 8.78 Å². The topological polar surface area (TPSA) is 26.0 Å². The van der Waals surface area contributed by atoms with E-state index in [0.29, 0.717) is 12.1 Å². The molecule has 1 aliphatic carbocycles. The molecule has 0 spiro atoms. The van der Waals surface area contributed by atoms with Crippen molar-refractivity contribution >= 4 is 0 Å². The molecule has 1 nitrogen and oxygen atoms in total. The minimum Gasteiger partial charge on any atom is -0.330 e. The summed E-state index contributed by atoms with van der Waals surface area (Å²) in [5.74, 6) is -0.871. The third-order valence-corrected chi connectivity index (χ3v) is 3.92.